The zero-order valence-electron chi connectivity index (χ0n) is 24.2. The lowest BCUT2D eigenvalue weighted by atomic mass is 10.1. The molecule has 10 heteroatoms. The first kappa shape index (κ1) is 31.6. The van der Waals surface area contributed by atoms with Crippen LogP contribution in [0.3, 0.4) is 0 Å². The molecule has 1 amide bonds. The van der Waals surface area contributed by atoms with Gasteiger partial charge in [-0.25, -0.2) is 4.39 Å². The number of ether oxygens (including phenoxy) is 3. The van der Waals surface area contributed by atoms with E-state index in [-0.39, 0.29) is 24.2 Å². The molecule has 228 valence electrons. The molecule has 0 spiro atoms. The van der Waals surface area contributed by atoms with Crippen LogP contribution in [0.1, 0.15) is 34.8 Å². The van der Waals surface area contributed by atoms with Gasteiger partial charge in [-0.2, -0.15) is 13.2 Å². The predicted molar refractivity (Wildman–Crippen MR) is 158 cm³/mol. The van der Waals surface area contributed by atoms with Crippen molar-refractivity contribution in [2.24, 2.45) is 0 Å². The highest BCUT2D eigenvalue weighted by Crippen LogP contribution is 2.34. The molecule has 0 aliphatic heterocycles. The molecule has 0 radical (unpaired) electrons. The Kier molecular flexibility index (Phi) is 10.5. The van der Waals surface area contributed by atoms with E-state index in [2.05, 4.69) is 5.32 Å². The molecular formula is C33H34F4N2O4. The number of carbonyl (C=O) groups is 1. The van der Waals surface area contributed by atoms with Gasteiger partial charge in [0.05, 0.1) is 19.8 Å². The van der Waals surface area contributed by atoms with Gasteiger partial charge in [-0.15, -0.1) is 0 Å². The van der Waals surface area contributed by atoms with E-state index in [9.17, 15) is 22.4 Å². The highest BCUT2D eigenvalue weighted by molar-refractivity contribution is 6.00. The van der Waals surface area contributed by atoms with Crippen molar-refractivity contribution in [1.29, 1.82) is 0 Å². The number of benzene rings is 4. The largest absolute Gasteiger partial charge is 0.497 e. The number of amides is 1. The number of methoxy groups -OCH3 is 2. The van der Waals surface area contributed by atoms with Gasteiger partial charge in [-0.05, 0) is 73.3 Å². The summed E-state index contributed by atoms with van der Waals surface area (Å²) in [6, 6.07) is 20.3. The molecule has 0 aliphatic rings. The van der Waals surface area contributed by atoms with Gasteiger partial charge in [0.25, 0.3) is 5.91 Å². The van der Waals surface area contributed by atoms with Crippen LogP contribution in [0, 0.1) is 0 Å². The summed E-state index contributed by atoms with van der Waals surface area (Å²) in [5.41, 5.74) is 0.608. The van der Waals surface area contributed by atoms with Crippen molar-refractivity contribution < 1.29 is 36.6 Å². The first-order chi connectivity index (χ1) is 20.6. The summed E-state index contributed by atoms with van der Waals surface area (Å²) in [5.74, 6) is 1.80. The molecule has 0 saturated carbocycles. The number of nitrogens with zero attached hydrogens (tertiary/aromatic N) is 1. The third-order valence-electron chi connectivity index (χ3n) is 7.06. The van der Waals surface area contributed by atoms with Crippen LogP contribution >= 0.6 is 0 Å². The average molecular weight is 599 g/mol. The Labute approximate surface area is 248 Å². The van der Waals surface area contributed by atoms with E-state index in [1.165, 1.54) is 12.1 Å². The highest BCUT2D eigenvalue weighted by Gasteiger charge is 2.30. The number of halogens is 4. The summed E-state index contributed by atoms with van der Waals surface area (Å²) in [6.07, 6.45) is -3.82. The van der Waals surface area contributed by atoms with E-state index < -0.39 is 18.4 Å². The van der Waals surface area contributed by atoms with Crippen LogP contribution in [-0.4, -0.2) is 50.8 Å². The fraction of sp³-hybridized carbons (Fsp3) is 0.303. The molecule has 4 aromatic rings. The Hall–Kier alpha value is -4.31. The molecule has 0 unspecified atom stereocenters. The summed E-state index contributed by atoms with van der Waals surface area (Å²) in [6.45, 7) is 2.69. The molecule has 0 heterocycles. The highest BCUT2D eigenvalue weighted by atomic mass is 19.4. The number of alkyl halides is 4. The van der Waals surface area contributed by atoms with Crippen LogP contribution in [0.5, 0.6) is 23.0 Å². The maximum absolute atomic E-state index is 13.3. The summed E-state index contributed by atoms with van der Waals surface area (Å²) in [7, 11) is 3.16. The molecule has 43 heavy (non-hydrogen) atoms. The molecule has 0 saturated heterocycles. The van der Waals surface area contributed by atoms with Gasteiger partial charge in [0.2, 0.25) is 0 Å². The van der Waals surface area contributed by atoms with Gasteiger partial charge < -0.3 is 19.5 Å². The van der Waals surface area contributed by atoms with Crippen molar-refractivity contribution in [2.75, 3.05) is 34.0 Å². The third-order valence-corrected chi connectivity index (χ3v) is 7.06. The summed E-state index contributed by atoms with van der Waals surface area (Å²) < 4.78 is 68.5. The summed E-state index contributed by atoms with van der Waals surface area (Å²) in [5, 5.41) is 4.46. The zero-order valence-corrected chi connectivity index (χ0v) is 24.2. The normalized spacial score (nSPS) is 12.3. The van der Waals surface area contributed by atoms with E-state index in [0.717, 1.165) is 23.1 Å². The Morgan fingerprint density at radius 3 is 2.30 bits per heavy atom. The Morgan fingerprint density at radius 2 is 1.63 bits per heavy atom. The van der Waals surface area contributed by atoms with E-state index in [4.69, 9.17) is 14.2 Å². The number of fused-ring (bicyclic) bond motifs is 1. The number of hydrogen-bond donors (Lipinski definition) is 1. The van der Waals surface area contributed by atoms with E-state index in [0.29, 0.717) is 47.7 Å². The van der Waals surface area contributed by atoms with Crippen molar-refractivity contribution in [1.82, 2.24) is 10.2 Å². The molecule has 0 aromatic heterocycles. The second-order valence-electron chi connectivity index (χ2n) is 10.1. The maximum Gasteiger partial charge on any atom is 0.416 e. The average Bonchev–Trinajstić information content (AvgIpc) is 2.99. The Bertz CT molecular complexity index is 1530. The molecule has 4 aromatic carbocycles. The first-order valence-electron chi connectivity index (χ1n) is 13.8. The van der Waals surface area contributed by atoms with Crippen molar-refractivity contribution in [2.45, 2.75) is 32.1 Å². The molecule has 4 rings (SSSR count). The number of rotatable bonds is 13. The number of carbonyl (C=O) groups excluding carboxylic acids is 1. The second-order valence-corrected chi connectivity index (χ2v) is 10.1. The standard InChI is InChI=1S/C33H34F4N2O4/c1-22(15-17-39(18-16-34)21-25-7-11-28(41-2)20-31(25)42-3)38-32(40)24-8-14-29-23(19-24)5-4-6-30(29)43-27-12-9-26(10-13-27)33(35,36)37/h4-14,19-20,22H,15-18,21H2,1-3H3,(H,38,40)/t22-/m1/s1. The van der Waals surface area contributed by atoms with Crippen LogP contribution in [0.2, 0.25) is 0 Å². The van der Waals surface area contributed by atoms with Gasteiger partial charge in [-0.1, -0.05) is 18.2 Å². The van der Waals surface area contributed by atoms with Gasteiger partial charge in [0, 0.05) is 48.3 Å². The van der Waals surface area contributed by atoms with Crippen LogP contribution in [-0.2, 0) is 12.7 Å². The third kappa shape index (κ3) is 8.38. The fourth-order valence-corrected chi connectivity index (χ4v) is 4.69. The van der Waals surface area contributed by atoms with Crippen LogP contribution in [0.4, 0.5) is 17.6 Å². The van der Waals surface area contributed by atoms with Gasteiger partial charge in [-0.3, -0.25) is 9.69 Å². The Balaban J connectivity index is 1.38. The van der Waals surface area contributed by atoms with Crippen molar-refractivity contribution in [3.8, 4) is 23.0 Å². The molecule has 6 nitrogen and oxygen atoms in total. The van der Waals surface area contributed by atoms with Crippen LogP contribution < -0.4 is 19.5 Å². The lowest BCUT2D eigenvalue weighted by Gasteiger charge is -2.24. The van der Waals surface area contributed by atoms with Gasteiger partial charge >= 0.3 is 6.18 Å². The van der Waals surface area contributed by atoms with E-state index >= 15 is 0 Å². The molecule has 1 N–H and O–H groups in total. The Morgan fingerprint density at radius 1 is 0.884 bits per heavy atom. The molecule has 0 bridgehead atoms. The monoisotopic (exact) mass is 598 g/mol. The SMILES string of the molecule is COc1ccc(CN(CCF)CC[C@@H](C)NC(=O)c2ccc3c(Oc4ccc(C(F)(F)F)cc4)cccc3c2)c(OC)c1. The van der Waals surface area contributed by atoms with Crippen molar-refractivity contribution in [3.63, 3.8) is 0 Å². The molecular weight excluding hydrogens is 564 g/mol. The molecule has 0 aliphatic carbocycles. The molecule has 0 fully saturated rings. The summed E-state index contributed by atoms with van der Waals surface area (Å²) >= 11 is 0. The smallest absolute Gasteiger partial charge is 0.416 e. The van der Waals surface area contributed by atoms with E-state index in [1.54, 1.807) is 50.6 Å². The van der Waals surface area contributed by atoms with Crippen LogP contribution in [0.25, 0.3) is 10.8 Å². The number of hydrogen-bond acceptors (Lipinski definition) is 5. The molecule has 1 atom stereocenters. The fourth-order valence-electron chi connectivity index (χ4n) is 4.69. The minimum Gasteiger partial charge on any atom is -0.497 e. The maximum atomic E-state index is 13.3. The lowest BCUT2D eigenvalue weighted by molar-refractivity contribution is -0.137. The minimum atomic E-state index is -4.42. The van der Waals surface area contributed by atoms with Crippen LogP contribution in [0.15, 0.2) is 78.9 Å². The van der Waals surface area contributed by atoms with Crippen molar-refractivity contribution >= 4 is 16.7 Å². The number of nitrogens with one attached hydrogen (secondary N) is 1. The lowest BCUT2D eigenvalue weighted by Crippen LogP contribution is -2.36. The van der Waals surface area contributed by atoms with Gasteiger partial charge in [0.15, 0.2) is 0 Å². The zero-order chi connectivity index (χ0) is 31.0. The summed E-state index contributed by atoms with van der Waals surface area (Å²) in [4.78, 5) is 15.0. The minimum absolute atomic E-state index is 0.183. The second kappa shape index (κ2) is 14.2. The first-order valence-corrected chi connectivity index (χ1v) is 13.8. The topological polar surface area (TPSA) is 60.0 Å². The predicted octanol–water partition coefficient (Wildman–Crippen LogP) is 7.65. The van der Waals surface area contributed by atoms with E-state index in [1.807, 2.05) is 30.0 Å². The van der Waals surface area contributed by atoms with Crippen molar-refractivity contribution in [3.05, 3.63) is 95.6 Å². The van der Waals surface area contributed by atoms with Gasteiger partial charge in [0.1, 0.15) is 29.7 Å². The quantitative estimate of drug-likeness (QED) is 0.160.